The van der Waals surface area contributed by atoms with Gasteiger partial charge >= 0.3 is 0 Å². The third kappa shape index (κ3) is 4.40. The lowest BCUT2D eigenvalue weighted by Gasteiger charge is -2.25. The molecule has 0 radical (unpaired) electrons. The Morgan fingerprint density at radius 1 is 0.808 bits per heavy atom. The topological polar surface area (TPSA) is 85.3 Å². The van der Waals surface area contributed by atoms with Gasteiger partial charge in [-0.05, 0) is 30.2 Å². The quantitative estimate of drug-likeness (QED) is 0.643. The molecule has 0 fully saturated rings. The van der Waals surface area contributed by atoms with Gasteiger partial charge in [-0.2, -0.15) is 0 Å². The van der Waals surface area contributed by atoms with Crippen LogP contribution in [0.2, 0.25) is 0 Å². The first-order valence-corrected chi connectivity index (χ1v) is 11.4. The van der Waals surface area contributed by atoms with Gasteiger partial charge in [0.25, 0.3) is 0 Å². The van der Waals surface area contributed by atoms with Crippen molar-refractivity contribution >= 4 is 26.0 Å². The van der Waals surface area contributed by atoms with Crippen molar-refractivity contribution < 1.29 is 21.6 Å². The predicted molar refractivity (Wildman–Crippen MR) is 100 cm³/mol. The smallest absolute Gasteiger partial charge is 0.182 e. The molecule has 26 heavy (non-hydrogen) atoms. The summed E-state index contributed by atoms with van der Waals surface area (Å²) in [5.74, 6) is -1.89. The zero-order valence-corrected chi connectivity index (χ0v) is 16.3. The van der Waals surface area contributed by atoms with E-state index in [-0.39, 0.29) is 15.7 Å². The highest BCUT2D eigenvalue weighted by atomic mass is 32.2. The summed E-state index contributed by atoms with van der Waals surface area (Å²) in [6.07, 6.45) is 0.552. The molecular formula is C19H22O5S2. The summed E-state index contributed by atoms with van der Waals surface area (Å²) >= 11 is 0. The number of aldehydes is 1. The molecule has 7 heteroatoms. The van der Waals surface area contributed by atoms with Crippen LogP contribution in [-0.4, -0.2) is 34.1 Å². The van der Waals surface area contributed by atoms with Crippen LogP contribution in [0, 0.1) is 11.8 Å². The number of hydrogen-bond acceptors (Lipinski definition) is 5. The van der Waals surface area contributed by atoms with E-state index < -0.39 is 36.6 Å². The molecule has 0 saturated carbocycles. The molecule has 0 N–H and O–H groups in total. The molecule has 0 bridgehead atoms. The summed E-state index contributed by atoms with van der Waals surface area (Å²) in [5, 5.41) is -1.35. The van der Waals surface area contributed by atoms with Gasteiger partial charge in [-0.15, -0.1) is 0 Å². The van der Waals surface area contributed by atoms with Crippen LogP contribution >= 0.6 is 0 Å². The largest absolute Gasteiger partial charge is 0.303 e. The van der Waals surface area contributed by atoms with Crippen molar-refractivity contribution in [3.05, 3.63) is 60.7 Å². The fourth-order valence-corrected chi connectivity index (χ4v) is 7.16. The van der Waals surface area contributed by atoms with Crippen molar-refractivity contribution in [1.82, 2.24) is 0 Å². The predicted octanol–water partition coefficient (Wildman–Crippen LogP) is 2.77. The molecule has 0 aromatic heterocycles. The van der Waals surface area contributed by atoms with Crippen molar-refractivity contribution in [2.45, 2.75) is 28.9 Å². The number of sulfone groups is 2. The van der Waals surface area contributed by atoms with Crippen LogP contribution in [0.5, 0.6) is 0 Å². The highest BCUT2D eigenvalue weighted by Crippen LogP contribution is 2.28. The number of carbonyl (C=O) groups is 1. The Hall–Kier alpha value is -1.99. The van der Waals surface area contributed by atoms with Crippen molar-refractivity contribution in [3.63, 3.8) is 0 Å². The Kier molecular flexibility index (Phi) is 6.36. The minimum atomic E-state index is -4.01. The molecule has 0 amide bonds. The highest BCUT2D eigenvalue weighted by Gasteiger charge is 2.39. The van der Waals surface area contributed by atoms with Gasteiger partial charge in [0.1, 0.15) is 6.29 Å². The first-order chi connectivity index (χ1) is 12.2. The normalized spacial score (nSPS) is 14.7. The molecule has 5 nitrogen and oxygen atoms in total. The second-order valence-electron chi connectivity index (χ2n) is 6.45. The van der Waals surface area contributed by atoms with E-state index in [1.54, 1.807) is 50.2 Å². The van der Waals surface area contributed by atoms with Crippen molar-refractivity contribution in [2.75, 3.05) is 5.75 Å². The SMILES string of the molecule is CC(C)C(C=O)C(CS(=O)(=O)c1ccccc1)S(=O)(=O)c1ccccc1. The zero-order chi connectivity index (χ0) is 19.4. The van der Waals surface area contributed by atoms with Crippen molar-refractivity contribution in [1.29, 1.82) is 0 Å². The van der Waals surface area contributed by atoms with Gasteiger partial charge in [0.05, 0.1) is 20.8 Å². The molecule has 2 rings (SSSR count). The molecule has 140 valence electrons. The fourth-order valence-electron chi connectivity index (χ4n) is 2.81. The van der Waals surface area contributed by atoms with E-state index in [9.17, 15) is 21.6 Å². The van der Waals surface area contributed by atoms with Gasteiger partial charge < -0.3 is 4.79 Å². The number of rotatable bonds is 8. The average Bonchev–Trinajstić information content (AvgIpc) is 2.62. The van der Waals surface area contributed by atoms with Gasteiger partial charge in [-0.25, -0.2) is 16.8 Å². The molecule has 2 unspecified atom stereocenters. The Morgan fingerprint density at radius 3 is 1.69 bits per heavy atom. The Morgan fingerprint density at radius 2 is 1.27 bits per heavy atom. The summed E-state index contributed by atoms with van der Waals surface area (Å²) in [5.41, 5.74) is 0. The molecule has 0 spiro atoms. The lowest BCUT2D eigenvalue weighted by molar-refractivity contribution is -0.112. The summed E-state index contributed by atoms with van der Waals surface area (Å²) in [4.78, 5) is 11.7. The molecule has 2 atom stereocenters. The van der Waals surface area contributed by atoms with Crippen molar-refractivity contribution in [2.24, 2.45) is 11.8 Å². The Labute approximate surface area is 154 Å². The van der Waals surface area contributed by atoms with Gasteiger partial charge in [-0.3, -0.25) is 0 Å². The molecule has 0 saturated heterocycles. The van der Waals surface area contributed by atoms with Gasteiger partial charge in [0.15, 0.2) is 19.7 Å². The molecule has 2 aromatic rings. The van der Waals surface area contributed by atoms with Crippen molar-refractivity contribution in [3.8, 4) is 0 Å². The third-order valence-corrected chi connectivity index (χ3v) is 8.52. The van der Waals surface area contributed by atoms with E-state index in [0.29, 0.717) is 6.29 Å². The molecule has 2 aromatic carbocycles. The summed E-state index contributed by atoms with van der Waals surface area (Å²) < 4.78 is 51.8. The maximum atomic E-state index is 13.1. The zero-order valence-electron chi connectivity index (χ0n) is 14.6. The lowest BCUT2D eigenvalue weighted by Crippen LogP contribution is -2.39. The number of carbonyl (C=O) groups excluding carboxylic acids is 1. The molecule has 0 aliphatic rings. The molecule has 0 heterocycles. The van der Waals surface area contributed by atoms with Crippen LogP contribution in [-0.2, 0) is 24.5 Å². The van der Waals surface area contributed by atoms with E-state index in [1.165, 1.54) is 24.3 Å². The van der Waals surface area contributed by atoms with Crippen LogP contribution in [0.25, 0.3) is 0 Å². The van der Waals surface area contributed by atoms with Gasteiger partial charge in [0.2, 0.25) is 0 Å². The Balaban J connectivity index is 2.54. The Bertz CT molecular complexity index is 934. The summed E-state index contributed by atoms with van der Waals surface area (Å²) in [6.45, 7) is 3.42. The molecule has 0 aliphatic heterocycles. The molecular weight excluding hydrogens is 372 g/mol. The van der Waals surface area contributed by atoms with E-state index >= 15 is 0 Å². The van der Waals surface area contributed by atoms with Gasteiger partial charge in [-0.1, -0.05) is 50.2 Å². The number of benzene rings is 2. The summed E-state index contributed by atoms with van der Waals surface area (Å²) in [6, 6.07) is 15.3. The van der Waals surface area contributed by atoms with Crippen LogP contribution in [0.15, 0.2) is 70.5 Å². The minimum Gasteiger partial charge on any atom is -0.303 e. The highest BCUT2D eigenvalue weighted by molar-refractivity contribution is 7.95. The van der Waals surface area contributed by atoms with E-state index in [1.807, 2.05) is 0 Å². The molecule has 0 aliphatic carbocycles. The number of hydrogen-bond donors (Lipinski definition) is 0. The van der Waals surface area contributed by atoms with Gasteiger partial charge in [0, 0.05) is 5.92 Å². The second-order valence-corrected chi connectivity index (χ2v) is 10.6. The lowest BCUT2D eigenvalue weighted by atomic mass is 9.94. The average molecular weight is 395 g/mol. The van der Waals surface area contributed by atoms with Crippen LogP contribution in [0.4, 0.5) is 0 Å². The third-order valence-electron chi connectivity index (χ3n) is 4.31. The first kappa shape index (κ1) is 20.3. The van der Waals surface area contributed by atoms with Crippen LogP contribution in [0.1, 0.15) is 13.8 Å². The summed E-state index contributed by atoms with van der Waals surface area (Å²) in [7, 11) is -7.89. The van der Waals surface area contributed by atoms with Crippen LogP contribution in [0.3, 0.4) is 0 Å². The maximum Gasteiger partial charge on any atom is 0.182 e. The van der Waals surface area contributed by atoms with E-state index in [2.05, 4.69) is 0 Å². The monoisotopic (exact) mass is 394 g/mol. The van der Waals surface area contributed by atoms with E-state index in [4.69, 9.17) is 0 Å². The minimum absolute atomic E-state index is 0.0146. The standard InChI is InChI=1S/C19H22O5S2/c1-15(2)18(13-20)19(26(23,24)17-11-7-4-8-12-17)14-25(21,22)16-9-5-3-6-10-16/h3-13,15,18-19H,14H2,1-2H3. The first-order valence-electron chi connectivity index (χ1n) is 8.22. The fraction of sp³-hybridized carbons (Fsp3) is 0.316. The maximum absolute atomic E-state index is 13.1. The second kappa shape index (κ2) is 8.14. The van der Waals surface area contributed by atoms with E-state index in [0.717, 1.165) is 0 Å². The van der Waals surface area contributed by atoms with Crippen LogP contribution < -0.4 is 0 Å².